The highest BCUT2D eigenvalue weighted by molar-refractivity contribution is 5.34. The average molecular weight is 279 g/mol. The van der Waals surface area contributed by atoms with Gasteiger partial charge in [-0.2, -0.15) is 0 Å². The molecule has 0 heterocycles. The first-order valence-electron chi connectivity index (χ1n) is 7.32. The van der Waals surface area contributed by atoms with Crippen molar-refractivity contribution in [1.29, 1.82) is 0 Å². The van der Waals surface area contributed by atoms with E-state index in [1.807, 2.05) is 12.1 Å². The lowest BCUT2D eigenvalue weighted by Gasteiger charge is -2.36. The van der Waals surface area contributed by atoms with Crippen LogP contribution in [0.4, 0.5) is 0 Å². The molecular formula is C17H29NO2. The Bertz CT molecular complexity index is 398. The maximum atomic E-state index is 5.77. The van der Waals surface area contributed by atoms with E-state index in [1.165, 1.54) is 5.56 Å². The van der Waals surface area contributed by atoms with Crippen LogP contribution in [-0.2, 0) is 11.2 Å². The third kappa shape index (κ3) is 4.50. The van der Waals surface area contributed by atoms with Crippen LogP contribution in [0, 0.1) is 5.41 Å². The molecule has 1 aromatic carbocycles. The van der Waals surface area contributed by atoms with Gasteiger partial charge in [-0.15, -0.1) is 0 Å². The highest BCUT2D eigenvalue weighted by atomic mass is 16.5. The van der Waals surface area contributed by atoms with Crippen LogP contribution in [0.25, 0.3) is 0 Å². The molecule has 1 aromatic rings. The van der Waals surface area contributed by atoms with E-state index < -0.39 is 0 Å². The van der Waals surface area contributed by atoms with E-state index >= 15 is 0 Å². The number of likely N-dealkylation sites (N-methyl/N-ethyl adjacent to an activating group) is 1. The predicted octanol–water partition coefficient (Wildman–Crippen LogP) is 3.28. The Labute approximate surface area is 123 Å². The summed E-state index contributed by atoms with van der Waals surface area (Å²) in [5, 5.41) is 3.56. The van der Waals surface area contributed by atoms with E-state index in [0.717, 1.165) is 18.7 Å². The van der Waals surface area contributed by atoms with E-state index in [0.29, 0.717) is 0 Å². The Balaban J connectivity index is 2.96. The van der Waals surface area contributed by atoms with Gasteiger partial charge in [0.2, 0.25) is 0 Å². The van der Waals surface area contributed by atoms with Gasteiger partial charge in [-0.05, 0) is 30.0 Å². The van der Waals surface area contributed by atoms with Crippen LogP contribution in [0.3, 0.4) is 0 Å². The summed E-state index contributed by atoms with van der Waals surface area (Å²) in [5.41, 5.74) is 1.30. The lowest BCUT2D eigenvalue weighted by Crippen LogP contribution is -2.49. The summed E-state index contributed by atoms with van der Waals surface area (Å²) in [6, 6.07) is 8.46. The average Bonchev–Trinajstić information content (AvgIpc) is 2.38. The van der Waals surface area contributed by atoms with Crippen LogP contribution in [0.1, 0.15) is 33.3 Å². The SMILES string of the molecule is CCNC(Cc1ccccc1OC)C(OC)C(C)(C)C. The van der Waals surface area contributed by atoms with Gasteiger partial charge in [0.1, 0.15) is 5.75 Å². The van der Waals surface area contributed by atoms with Crippen molar-refractivity contribution in [3.05, 3.63) is 29.8 Å². The fourth-order valence-corrected chi connectivity index (χ4v) is 2.78. The largest absolute Gasteiger partial charge is 0.496 e. The van der Waals surface area contributed by atoms with Gasteiger partial charge in [0.05, 0.1) is 13.2 Å². The monoisotopic (exact) mass is 279 g/mol. The summed E-state index contributed by atoms with van der Waals surface area (Å²) in [7, 11) is 3.52. The molecule has 2 unspecified atom stereocenters. The molecule has 0 saturated carbocycles. The Hall–Kier alpha value is -1.06. The summed E-state index contributed by atoms with van der Waals surface area (Å²) in [6.07, 6.45) is 1.04. The molecule has 0 aliphatic carbocycles. The topological polar surface area (TPSA) is 30.5 Å². The van der Waals surface area contributed by atoms with Gasteiger partial charge in [-0.25, -0.2) is 0 Å². The molecule has 0 amide bonds. The minimum absolute atomic E-state index is 0.0869. The van der Waals surface area contributed by atoms with Crippen molar-refractivity contribution in [3.8, 4) is 5.75 Å². The van der Waals surface area contributed by atoms with Crippen LogP contribution in [0.15, 0.2) is 24.3 Å². The van der Waals surface area contributed by atoms with Crippen molar-refractivity contribution >= 4 is 0 Å². The van der Waals surface area contributed by atoms with E-state index in [4.69, 9.17) is 9.47 Å². The summed E-state index contributed by atoms with van der Waals surface area (Å²) in [4.78, 5) is 0. The second kappa shape index (κ2) is 7.65. The molecule has 1 rings (SSSR count). The molecule has 0 aromatic heterocycles. The summed E-state index contributed by atoms with van der Waals surface area (Å²) >= 11 is 0. The number of hydrogen-bond donors (Lipinski definition) is 1. The number of para-hydroxylation sites is 1. The van der Waals surface area contributed by atoms with Crippen molar-refractivity contribution < 1.29 is 9.47 Å². The maximum absolute atomic E-state index is 5.77. The standard InChI is InChI=1S/C17H29NO2/c1-7-18-14(16(20-6)17(2,3)4)12-13-10-8-9-11-15(13)19-5/h8-11,14,16,18H,7,12H2,1-6H3. The zero-order valence-corrected chi connectivity index (χ0v) is 13.7. The number of ether oxygens (including phenoxy) is 2. The first-order chi connectivity index (χ1) is 9.43. The summed E-state index contributed by atoms with van der Waals surface area (Å²) in [5.74, 6) is 0.944. The zero-order valence-electron chi connectivity index (χ0n) is 13.7. The van der Waals surface area contributed by atoms with E-state index in [-0.39, 0.29) is 17.6 Å². The number of nitrogens with one attached hydrogen (secondary N) is 1. The van der Waals surface area contributed by atoms with Crippen LogP contribution >= 0.6 is 0 Å². The van der Waals surface area contributed by atoms with Crippen LogP contribution in [0.5, 0.6) is 5.75 Å². The van der Waals surface area contributed by atoms with Gasteiger partial charge in [0.25, 0.3) is 0 Å². The predicted molar refractivity (Wildman–Crippen MR) is 84.4 cm³/mol. The molecule has 0 aliphatic rings. The Morgan fingerprint density at radius 1 is 1.15 bits per heavy atom. The number of rotatable bonds is 7. The molecule has 2 atom stereocenters. The third-order valence-corrected chi connectivity index (χ3v) is 3.57. The fraction of sp³-hybridized carbons (Fsp3) is 0.647. The molecule has 0 aliphatic heterocycles. The lowest BCUT2D eigenvalue weighted by molar-refractivity contribution is -0.0107. The quantitative estimate of drug-likeness (QED) is 0.831. The molecule has 0 fully saturated rings. The molecule has 20 heavy (non-hydrogen) atoms. The Morgan fingerprint density at radius 3 is 2.30 bits per heavy atom. The van der Waals surface area contributed by atoms with Gasteiger partial charge < -0.3 is 14.8 Å². The zero-order chi connectivity index (χ0) is 15.2. The molecule has 0 saturated heterocycles. The molecule has 0 bridgehead atoms. The Kier molecular flexibility index (Phi) is 6.50. The molecular weight excluding hydrogens is 250 g/mol. The van der Waals surface area contributed by atoms with Crippen molar-refractivity contribution in [1.82, 2.24) is 5.32 Å². The van der Waals surface area contributed by atoms with Gasteiger partial charge in [-0.1, -0.05) is 45.9 Å². The van der Waals surface area contributed by atoms with Crippen LogP contribution < -0.4 is 10.1 Å². The van der Waals surface area contributed by atoms with Crippen molar-refractivity contribution in [3.63, 3.8) is 0 Å². The van der Waals surface area contributed by atoms with Gasteiger partial charge in [0, 0.05) is 13.2 Å². The van der Waals surface area contributed by atoms with Crippen molar-refractivity contribution in [2.75, 3.05) is 20.8 Å². The smallest absolute Gasteiger partial charge is 0.122 e. The first-order valence-corrected chi connectivity index (χ1v) is 7.32. The molecule has 114 valence electrons. The van der Waals surface area contributed by atoms with Gasteiger partial charge in [-0.3, -0.25) is 0 Å². The molecule has 3 nitrogen and oxygen atoms in total. The summed E-state index contributed by atoms with van der Waals surface area (Å²) < 4.78 is 11.2. The minimum Gasteiger partial charge on any atom is -0.496 e. The van der Waals surface area contributed by atoms with E-state index in [2.05, 4.69) is 45.1 Å². The van der Waals surface area contributed by atoms with Gasteiger partial charge >= 0.3 is 0 Å². The van der Waals surface area contributed by atoms with Crippen molar-refractivity contribution in [2.24, 2.45) is 5.41 Å². The molecule has 0 spiro atoms. The number of hydrogen-bond acceptors (Lipinski definition) is 3. The van der Waals surface area contributed by atoms with Crippen molar-refractivity contribution in [2.45, 2.75) is 46.3 Å². The lowest BCUT2D eigenvalue weighted by atomic mass is 9.82. The molecule has 3 heteroatoms. The summed E-state index contributed by atoms with van der Waals surface area (Å²) in [6.45, 7) is 9.70. The van der Waals surface area contributed by atoms with Gasteiger partial charge in [0.15, 0.2) is 0 Å². The second-order valence-corrected chi connectivity index (χ2v) is 6.20. The highest BCUT2D eigenvalue weighted by Crippen LogP contribution is 2.28. The molecule has 1 N–H and O–H groups in total. The normalized spacial score (nSPS) is 14.9. The molecule has 0 radical (unpaired) electrons. The fourth-order valence-electron chi connectivity index (χ4n) is 2.78. The van der Waals surface area contributed by atoms with Crippen LogP contribution in [-0.4, -0.2) is 32.9 Å². The maximum Gasteiger partial charge on any atom is 0.122 e. The third-order valence-electron chi connectivity index (χ3n) is 3.57. The number of benzene rings is 1. The second-order valence-electron chi connectivity index (χ2n) is 6.20. The van der Waals surface area contributed by atoms with Crippen LogP contribution in [0.2, 0.25) is 0 Å². The first kappa shape index (κ1) is 17.0. The van der Waals surface area contributed by atoms with E-state index in [1.54, 1.807) is 14.2 Å². The minimum atomic E-state index is 0.0869. The highest BCUT2D eigenvalue weighted by Gasteiger charge is 2.32. The Morgan fingerprint density at radius 2 is 1.80 bits per heavy atom. The number of methoxy groups -OCH3 is 2. The van der Waals surface area contributed by atoms with E-state index in [9.17, 15) is 0 Å².